The van der Waals surface area contributed by atoms with Crippen LogP contribution in [-0.2, 0) is 5.54 Å². The third kappa shape index (κ3) is 2.07. The lowest BCUT2D eigenvalue weighted by molar-refractivity contribution is 0.469. The fourth-order valence-corrected chi connectivity index (χ4v) is 1.40. The molecule has 0 saturated heterocycles. The molecule has 0 aliphatic rings. The van der Waals surface area contributed by atoms with Crippen LogP contribution in [0.3, 0.4) is 0 Å². The van der Waals surface area contributed by atoms with E-state index in [1.54, 1.807) is 6.07 Å². The van der Waals surface area contributed by atoms with E-state index in [9.17, 15) is 4.39 Å². The summed E-state index contributed by atoms with van der Waals surface area (Å²) in [6.07, 6.45) is 0.803. The van der Waals surface area contributed by atoms with E-state index in [1.807, 2.05) is 20.8 Å². The van der Waals surface area contributed by atoms with Gasteiger partial charge in [-0.15, -0.1) is 0 Å². The highest BCUT2D eigenvalue weighted by molar-refractivity contribution is 5.32. The molecule has 0 spiro atoms. The van der Waals surface area contributed by atoms with Gasteiger partial charge in [0.25, 0.3) is 0 Å². The Kier molecular flexibility index (Phi) is 2.71. The lowest BCUT2D eigenvalue weighted by atomic mass is 9.87. The summed E-state index contributed by atoms with van der Waals surface area (Å²) < 4.78 is 13.0. The van der Waals surface area contributed by atoms with E-state index >= 15 is 0 Å². The van der Waals surface area contributed by atoms with E-state index in [2.05, 4.69) is 0 Å². The minimum Gasteiger partial charge on any atom is -0.322 e. The molecule has 1 atom stereocenters. The highest BCUT2D eigenvalue weighted by Crippen LogP contribution is 2.25. The molecule has 2 N–H and O–H groups in total. The Morgan fingerprint density at radius 1 is 1.46 bits per heavy atom. The Morgan fingerprint density at radius 3 is 2.62 bits per heavy atom. The minimum absolute atomic E-state index is 0.217. The van der Waals surface area contributed by atoms with Crippen molar-refractivity contribution in [3.8, 4) is 0 Å². The molecule has 0 fully saturated rings. The van der Waals surface area contributed by atoms with Gasteiger partial charge in [-0.1, -0.05) is 13.0 Å². The predicted octanol–water partition coefficient (Wildman–Crippen LogP) is 2.72. The lowest BCUT2D eigenvalue weighted by Gasteiger charge is -2.25. The second kappa shape index (κ2) is 3.46. The maximum atomic E-state index is 13.0. The van der Waals surface area contributed by atoms with Gasteiger partial charge in [-0.3, -0.25) is 0 Å². The average molecular weight is 181 g/mol. The number of rotatable bonds is 2. The fourth-order valence-electron chi connectivity index (χ4n) is 1.40. The summed E-state index contributed by atoms with van der Waals surface area (Å²) in [5, 5.41) is 0. The fraction of sp³-hybridized carbons (Fsp3) is 0.455. The van der Waals surface area contributed by atoms with Crippen molar-refractivity contribution >= 4 is 0 Å². The molecule has 0 heterocycles. The first-order valence-corrected chi connectivity index (χ1v) is 4.53. The van der Waals surface area contributed by atoms with Crippen molar-refractivity contribution in [2.45, 2.75) is 32.7 Å². The van der Waals surface area contributed by atoms with Crippen molar-refractivity contribution in [1.82, 2.24) is 0 Å². The number of nitrogens with two attached hydrogens (primary N) is 1. The van der Waals surface area contributed by atoms with Crippen molar-refractivity contribution < 1.29 is 4.39 Å². The molecular formula is C11H16FN. The van der Waals surface area contributed by atoms with E-state index in [-0.39, 0.29) is 5.82 Å². The highest BCUT2D eigenvalue weighted by atomic mass is 19.1. The number of hydrogen-bond acceptors (Lipinski definition) is 1. The van der Waals surface area contributed by atoms with Crippen LogP contribution in [-0.4, -0.2) is 0 Å². The largest absolute Gasteiger partial charge is 0.322 e. The van der Waals surface area contributed by atoms with Gasteiger partial charge in [-0.2, -0.15) is 0 Å². The summed E-state index contributed by atoms with van der Waals surface area (Å²) in [7, 11) is 0. The molecule has 0 aliphatic carbocycles. The van der Waals surface area contributed by atoms with Crippen LogP contribution in [0.1, 0.15) is 31.4 Å². The maximum absolute atomic E-state index is 13.0. The zero-order chi connectivity index (χ0) is 10.1. The molecule has 2 heteroatoms. The van der Waals surface area contributed by atoms with Crippen molar-refractivity contribution in [2.24, 2.45) is 5.73 Å². The Morgan fingerprint density at radius 2 is 2.08 bits per heavy atom. The molecule has 1 unspecified atom stereocenters. The number of aryl methyl sites for hydroxylation is 1. The molecule has 0 saturated carbocycles. The molecule has 0 radical (unpaired) electrons. The molecule has 1 aromatic carbocycles. The Balaban J connectivity index is 3.20. The molecule has 0 bridgehead atoms. The van der Waals surface area contributed by atoms with Crippen molar-refractivity contribution in [2.75, 3.05) is 0 Å². The van der Waals surface area contributed by atoms with Crippen molar-refractivity contribution in [3.63, 3.8) is 0 Å². The smallest absolute Gasteiger partial charge is 0.123 e. The molecule has 1 aromatic rings. The van der Waals surface area contributed by atoms with Crippen LogP contribution < -0.4 is 5.73 Å². The lowest BCUT2D eigenvalue weighted by Crippen LogP contribution is -2.32. The molecule has 1 rings (SSSR count). The van der Waals surface area contributed by atoms with Crippen molar-refractivity contribution in [3.05, 3.63) is 35.1 Å². The SMILES string of the molecule is CCC(C)(N)c1cc(F)ccc1C. The molecule has 13 heavy (non-hydrogen) atoms. The summed E-state index contributed by atoms with van der Waals surface area (Å²) in [5.41, 5.74) is 7.56. The van der Waals surface area contributed by atoms with Crippen LogP contribution in [0, 0.1) is 12.7 Å². The zero-order valence-electron chi connectivity index (χ0n) is 8.39. The Hall–Kier alpha value is -0.890. The summed E-state index contributed by atoms with van der Waals surface area (Å²) in [6, 6.07) is 4.76. The average Bonchev–Trinajstić information content (AvgIpc) is 2.09. The third-order valence-corrected chi connectivity index (χ3v) is 2.55. The zero-order valence-corrected chi connectivity index (χ0v) is 8.39. The van der Waals surface area contributed by atoms with E-state index in [0.717, 1.165) is 17.5 Å². The second-order valence-electron chi connectivity index (χ2n) is 3.73. The van der Waals surface area contributed by atoms with Gasteiger partial charge in [0.05, 0.1) is 0 Å². The minimum atomic E-state index is -0.424. The molecule has 0 aliphatic heterocycles. The van der Waals surface area contributed by atoms with Crippen LogP contribution in [0.5, 0.6) is 0 Å². The van der Waals surface area contributed by atoms with Gasteiger partial charge < -0.3 is 5.73 Å². The molecular weight excluding hydrogens is 165 g/mol. The number of halogens is 1. The second-order valence-corrected chi connectivity index (χ2v) is 3.73. The van der Waals surface area contributed by atoms with E-state index in [1.165, 1.54) is 12.1 Å². The summed E-state index contributed by atoms with van der Waals surface area (Å²) in [5.74, 6) is -0.217. The van der Waals surface area contributed by atoms with Gasteiger partial charge >= 0.3 is 0 Å². The quantitative estimate of drug-likeness (QED) is 0.745. The van der Waals surface area contributed by atoms with E-state index in [4.69, 9.17) is 5.73 Å². The van der Waals surface area contributed by atoms with Gasteiger partial charge in [-0.25, -0.2) is 4.39 Å². The number of hydrogen-bond donors (Lipinski definition) is 1. The third-order valence-electron chi connectivity index (χ3n) is 2.55. The Labute approximate surface area is 78.8 Å². The normalized spacial score (nSPS) is 15.5. The van der Waals surface area contributed by atoms with E-state index < -0.39 is 5.54 Å². The van der Waals surface area contributed by atoms with Crippen LogP contribution >= 0.6 is 0 Å². The number of benzene rings is 1. The van der Waals surface area contributed by atoms with Crippen LogP contribution in [0.25, 0.3) is 0 Å². The van der Waals surface area contributed by atoms with Crippen LogP contribution in [0.2, 0.25) is 0 Å². The van der Waals surface area contributed by atoms with Crippen molar-refractivity contribution in [1.29, 1.82) is 0 Å². The molecule has 72 valence electrons. The van der Waals surface area contributed by atoms with Gasteiger partial charge in [0.15, 0.2) is 0 Å². The first kappa shape index (κ1) is 10.2. The first-order valence-electron chi connectivity index (χ1n) is 4.53. The van der Waals surface area contributed by atoms with Gasteiger partial charge in [-0.05, 0) is 43.5 Å². The summed E-state index contributed by atoms with van der Waals surface area (Å²) in [4.78, 5) is 0. The summed E-state index contributed by atoms with van der Waals surface area (Å²) in [6.45, 7) is 5.88. The molecule has 0 amide bonds. The van der Waals surface area contributed by atoms with Crippen LogP contribution in [0.4, 0.5) is 4.39 Å². The van der Waals surface area contributed by atoms with Crippen LogP contribution in [0.15, 0.2) is 18.2 Å². The topological polar surface area (TPSA) is 26.0 Å². The van der Waals surface area contributed by atoms with Gasteiger partial charge in [0, 0.05) is 5.54 Å². The molecule has 1 nitrogen and oxygen atoms in total. The van der Waals surface area contributed by atoms with Gasteiger partial charge in [0.1, 0.15) is 5.82 Å². The van der Waals surface area contributed by atoms with Gasteiger partial charge in [0.2, 0.25) is 0 Å². The maximum Gasteiger partial charge on any atom is 0.123 e. The van der Waals surface area contributed by atoms with E-state index in [0.29, 0.717) is 0 Å². The first-order chi connectivity index (χ1) is 5.97. The highest BCUT2D eigenvalue weighted by Gasteiger charge is 2.20. The predicted molar refractivity (Wildman–Crippen MR) is 53.0 cm³/mol. The standard InChI is InChI=1S/C11H16FN/c1-4-11(3,13)10-7-9(12)6-5-8(10)2/h5-7H,4,13H2,1-3H3. The molecule has 0 aromatic heterocycles. The Bertz CT molecular complexity index is 305. The summed E-state index contributed by atoms with van der Waals surface area (Å²) >= 11 is 0. The monoisotopic (exact) mass is 181 g/mol.